The highest BCUT2D eigenvalue weighted by Gasteiger charge is 2.18. The quantitative estimate of drug-likeness (QED) is 0.179. The summed E-state index contributed by atoms with van der Waals surface area (Å²) in [6.07, 6.45) is 2.02. The van der Waals surface area contributed by atoms with Crippen LogP contribution >= 0.6 is 0 Å². The van der Waals surface area contributed by atoms with Crippen molar-refractivity contribution in [3.05, 3.63) is 126 Å². The lowest BCUT2D eigenvalue weighted by atomic mass is 10.1. The van der Waals surface area contributed by atoms with Gasteiger partial charge in [0.2, 0.25) is 0 Å². The summed E-state index contributed by atoms with van der Waals surface area (Å²) in [5.41, 5.74) is 5.23. The predicted molar refractivity (Wildman–Crippen MR) is 155 cm³/mol. The van der Waals surface area contributed by atoms with Gasteiger partial charge in [0.05, 0.1) is 12.7 Å². The van der Waals surface area contributed by atoms with E-state index in [0.29, 0.717) is 23.6 Å². The molecule has 0 aliphatic carbocycles. The van der Waals surface area contributed by atoms with E-state index in [-0.39, 0.29) is 0 Å². The summed E-state index contributed by atoms with van der Waals surface area (Å²) in [7, 11) is 1.56. The zero-order valence-electron chi connectivity index (χ0n) is 21.7. The maximum Gasteiger partial charge on any atom is 0.343 e. The number of hydrogen-bond donors (Lipinski definition) is 1. The topological polar surface area (TPSA) is 64.9 Å². The lowest BCUT2D eigenvalue weighted by Crippen LogP contribution is -2.09. The van der Waals surface area contributed by atoms with Crippen LogP contribution in [-0.2, 0) is 6.54 Å². The largest absolute Gasteiger partial charge is 0.493 e. The number of hydrogen-bond acceptors (Lipinski definition) is 5. The zero-order valence-corrected chi connectivity index (χ0v) is 21.7. The molecule has 0 radical (unpaired) electrons. The van der Waals surface area contributed by atoms with Gasteiger partial charge < -0.3 is 14.8 Å². The first-order valence-electron chi connectivity index (χ1n) is 12.7. The van der Waals surface area contributed by atoms with E-state index in [0.717, 1.165) is 39.1 Å². The van der Waals surface area contributed by atoms with Crippen molar-refractivity contribution in [3.8, 4) is 22.8 Å². The Bertz CT molecular complexity index is 1810. The first kappa shape index (κ1) is 24.2. The van der Waals surface area contributed by atoms with Crippen LogP contribution in [0.15, 0.2) is 109 Å². The lowest BCUT2D eigenvalue weighted by molar-refractivity contribution is 0.0730. The molecule has 2 heterocycles. The number of fused-ring (bicyclic) bond motifs is 2. The molecule has 39 heavy (non-hydrogen) atoms. The Morgan fingerprint density at radius 3 is 2.46 bits per heavy atom. The fraction of sp³-hybridized carbons (Fsp3) is 0.0909. The molecule has 6 aromatic rings. The van der Waals surface area contributed by atoms with Crippen molar-refractivity contribution in [2.75, 3.05) is 12.4 Å². The molecule has 0 spiro atoms. The van der Waals surface area contributed by atoms with Crippen LogP contribution < -0.4 is 14.8 Å². The molecule has 6 heteroatoms. The van der Waals surface area contributed by atoms with Crippen LogP contribution in [-0.4, -0.2) is 22.5 Å². The molecule has 6 rings (SSSR count). The van der Waals surface area contributed by atoms with E-state index in [1.807, 2.05) is 90.3 Å². The van der Waals surface area contributed by atoms with E-state index in [1.165, 1.54) is 5.56 Å². The van der Waals surface area contributed by atoms with Crippen LogP contribution in [0.5, 0.6) is 11.5 Å². The third-order valence-corrected chi connectivity index (χ3v) is 6.71. The number of aromatic nitrogens is 2. The van der Waals surface area contributed by atoms with E-state index >= 15 is 0 Å². The lowest BCUT2D eigenvalue weighted by Gasteiger charge is -2.12. The molecule has 0 atom stereocenters. The molecule has 4 aromatic carbocycles. The van der Waals surface area contributed by atoms with Gasteiger partial charge in [-0.15, -0.1) is 0 Å². The molecule has 0 saturated heterocycles. The maximum absolute atomic E-state index is 13.0. The molecule has 2 aromatic heterocycles. The molecular formula is C33H27N3O3. The summed E-state index contributed by atoms with van der Waals surface area (Å²) in [6, 6.07) is 33.3. The highest BCUT2D eigenvalue weighted by atomic mass is 16.6. The Kier molecular flexibility index (Phi) is 6.43. The summed E-state index contributed by atoms with van der Waals surface area (Å²) in [6.45, 7) is 2.70. The normalized spacial score (nSPS) is 11.0. The van der Waals surface area contributed by atoms with Gasteiger partial charge in [-0.3, -0.25) is 4.40 Å². The molecule has 6 nitrogen and oxygen atoms in total. The molecule has 0 amide bonds. The predicted octanol–water partition coefficient (Wildman–Crippen LogP) is 7.30. The third-order valence-electron chi connectivity index (χ3n) is 6.71. The first-order chi connectivity index (χ1) is 19.1. The molecule has 0 bridgehead atoms. The number of pyridine rings is 1. The second kappa shape index (κ2) is 10.3. The third kappa shape index (κ3) is 4.92. The standard InChI is InChI=1S/C33H27N3O3/c1-22-16-17-36-30(18-22)35-31(32(36)34-21-23-8-4-3-5-9-23)26-14-15-28(29(20-26)38-2)39-33(37)27-13-12-24-10-6-7-11-25(24)19-27/h3-20,34H,21H2,1-2H3. The van der Waals surface area contributed by atoms with Gasteiger partial charge in [0.1, 0.15) is 17.2 Å². The van der Waals surface area contributed by atoms with Crippen molar-refractivity contribution >= 4 is 28.2 Å². The number of methoxy groups -OCH3 is 1. The molecule has 0 aliphatic rings. The van der Waals surface area contributed by atoms with Gasteiger partial charge in [-0.25, -0.2) is 9.78 Å². The van der Waals surface area contributed by atoms with Gasteiger partial charge >= 0.3 is 5.97 Å². The highest BCUT2D eigenvalue weighted by molar-refractivity contribution is 5.96. The number of anilines is 1. The number of nitrogens with one attached hydrogen (secondary N) is 1. The fourth-order valence-electron chi connectivity index (χ4n) is 4.67. The molecule has 192 valence electrons. The molecule has 1 N–H and O–H groups in total. The Hall–Kier alpha value is -5.10. The van der Waals surface area contributed by atoms with Crippen LogP contribution in [0.3, 0.4) is 0 Å². The van der Waals surface area contributed by atoms with Crippen molar-refractivity contribution in [1.82, 2.24) is 9.38 Å². The van der Waals surface area contributed by atoms with E-state index in [1.54, 1.807) is 19.2 Å². The minimum Gasteiger partial charge on any atom is -0.493 e. The summed E-state index contributed by atoms with van der Waals surface area (Å²) in [5, 5.41) is 5.61. The van der Waals surface area contributed by atoms with E-state index in [9.17, 15) is 4.79 Å². The van der Waals surface area contributed by atoms with Gasteiger partial charge in [-0.05, 0) is 71.3 Å². The first-order valence-corrected chi connectivity index (χ1v) is 12.7. The van der Waals surface area contributed by atoms with Crippen molar-refractivity contribution in [2.24, 2.45) is 0 Å². The van der Waals surface area contributed by atoms with Gasteiger partial charge in [0.15, 0.2) is 11.5 Å². The average molecular weight is 514 g/mol. The van der Waals surface area contributed by atoms with E-state index in [4.69, 9.17) is 14.5 Å². The number of carbonyl (C=O) groups excluding carboxylic acids is 1. The molecule has 0 unspecified atom stereocenters. The Balaban J connectivity index is 1.33. The number of ether oxygens (including phenoxy) is 2. The number of esters is 1. The molecular weight excluding hydrogens is 486 g/mol. The average Bonchev–Trinajstić information content (AvgIpc) is 3.33. The SMILES string of the molecule is COc1cc(-c2nc3cc(C)ccn3c2NCc2ccccc2)ccc1OC(=O)c1ccc2ccccc2c1. The minimum atomic E-state index is -0.444. The number of imidazole rings is 1. The van der Waals surface area contributed by atoms with E-state index < -0.39 is 5.97 Å². The number of carbonyl (C=O) groups is 1. The van der Waals surface area contributed by atoms with Crippen LogP contribution in [0.2, 0.25) is 0 Å². The van der Waals surface area contributed by atoms with Crippen LogP contribution in [0.1, 0.15) is 21.5 Å². The van der Waals surface area contributed by atoms with Crippen molar-refractivity contribution in [2.45, 2.75) is 13.5 Å². The van der Waals surface area contributed by atoms with Crippen LogP contribution in [0, 0.1) is 6.92 Å². The monoisotopic (exact) mass is 513 g/mol. The summed E-state index contributed by atoms with van der Waals surface area (Å²) >= 11 is 0. The summed E-state index contributed by atoms with van der Waals surface area (Å²) in [4.78, 5) is 17.9. The van der Waals surface area contributed by atoms with Crippen molar-refractivity contribution in [3.63, 3.8) is 0 Å². The van der Waals surface area contributed by atoms with Crippen LogP contribution in [0.25, 0.3) is 27.7 Å². The zero-order chi connectivity index (χ0) is 26.8. The number of benzene rings is 4. The molecule has 0 fully saturated rings. The molecule has 0 saturated carbocycles. The number of nitrogens with zero attached hydrogens (tertiary/aromatic N) is 2. The highest BCUT2D eigenvalue weighted by Crippen LogP contribution is 2.36. The Labute approximate surface area is 226 Å². The minimum absolute atomic E-state index is 0.345. The Morgan fingerprint density at radius 1 is 0.846 bits per heavy atom. The molecule has 0 aliphatic heterocycles. The summed E-state index contributed by atoms with van der Waals surface area (Å²) < 4.78 is 13.5. The Morgan fingerprint density at radius 2 is 1.64 bits per heavy atom. The van der Waals surface area contributed by atoms with Crippen molar-refractivity contribution in [1.29, 1.82) is 0 Å². The smallest absolute Gasteiger partial charge is 0.343 e. The number of aryl methyl sites for hydroxylation is 1. The fourth-order valence-corrected chi connectivity index (χ4v) is 4.67. The van der Waals surface area contributed by atoms with Crippen molar-refractivity contribution < 1.29 is 14.3 Å². The summed E-state index contributed by atoms with van der Waals surface area (Å²) in [5.74, 6) is 1.22. The van der Waals surface area contributed by atoms with Crippen LogP contribution in [0.4, 0.5) is 5.82 Å². The van der Waals surface area contributed by atoms with Gasteiger partial charge in [-0.2, -0.15) is 0 Å². The number of rotatable bonds is 7. The maximum atomic E-state index is 13.0. The van der Waals surface area contributed by atoms with Gasteiger partial charge in [-0.1, -0.05) is 60.7 Å². The van der Waals surface area contributed by atoms with Gasteiger partial charge in [0, 0.05) is 18.3 Å². The van der Waals surface area contributed by atoms with E-state index in [2.05, 4.69) is 23.5 Å². The van der Waals surface area contributed by atoms with Gasteiger partial charge in [0.25, 0.3) is 0 Å². The second-order valence-electron chi connectivity index (χ2n) is 9.40. The second-order valence-corrected chi connectivity index (χ2v) is 9.40.